The van der Waals surface area contributed by atoms with Crippen molar-refractivity contribution in [3.63, 3.8) is 0 Å². The first-order valence-electron chi connectivity index (χ1n) is 8.50. The Hall–Kier alpha value is -0.200. The van der Waals surface area contributed by atoms with Crippen LogP contribution in [0.2, 0.25) is 0 Å². The smallest absolute Gasteiger partial charge is 0.0726 e. The van der Waals surface area contributed by atoms with Gasteiger partial charge >= 0.3 is 0 Å². The molecule has 2 unspecified atom stereocenters. The van der Waals surface area contributed by atoms with Crippen LogP contribution in [-0.2, 0) is 14.2 Å². The minimum absolute atomic E-state index is 0.394. The molecular formula is C16H34N2O3. The van der Waals surface area contributed by atoms with Gasteiger partial charge in [0.15, 0.2) is 0 Å². The Bertz CT molecular complexity index is 226. The van der Waals surface area contributed by atoms with E-state index in [0.29, 0.717) is 12.1 Å². The first-order chi connectivity index (χ1) is 10.3. The lowest BCUT2D eigenvalue weighted by Crippen LogP contribution is -2.42. The van der Waals surface area contributed by atoms with Gasteiger partial charge in [-0.1, -0.05) is 0 Å². The van der Waals surface area contributed by atoms with Crippen molar-refractivity contribution in [2.24, 2.45) is 0 Å². The molecule has 0 aromatic carbocycles. The summed E-state index contributed by atoms with van der Waals surface area (Å²) >= 11 is 0. The number of rotatable bonds is 13. The molecule has 2 atom stereocenters. The van der Waals surface area contributed by atoms with E-state index in [1.165, 1.54) is 12.8 Å². The van der Waals surface area contributed by atoms with Crippen molar-refractivity contribution >= 4 is 0 Å². The van der Waals surface area contributed by atoms with Gasteiger partial charge in [-0.3, -0.25) is 4.90 Å². The molecular weight excluding hydrogens is 268 g/mol. The van der Waals surface area contributed by atoms with E-state index in [1.807, 2.05) is 13.8 Å². The topological polar surface area (TPSA) is 43.0 Å². The molecule has 1 heterocycles. The van der Waals surface area contributed by atoms with E-state index in [-0.39, 0.29) is 0 Å². The molecule has 126 valence electrons. The quantitative estimate of drug-likeness (QED) is 0.523. The van der Waals surface area contributed by atoms with Crippen molar-refractivity contribution in [2.75, 3.05) is 59.2 Å². The van der Waals surface area contributed by atoms with Crippen LogP contribution in [0.1, 0.15) is 33.6 Å². The van der Waals surface area contributed by atoms with Crippen molar-refractivity contribution in [2.45, 2.75) is 45.8 Å². The lowest BCUT2D eigenvalue weighted by atomic mass is 10.1. The van der Waals surface area contributed by atoms with Crippen LogP contribution in [0.3, 0.4) is 0 Å². The Balaban J connectivity index is 2.16. The molecule has 0 amide bonds. The molecule has 0 aliphatic carbocycles. The van der Waals surface area contributed by atoms with Crippen molar-refractivity contribution in [1.29, 1.82) is 0 Å². The minimum atomic E-state index is 0.394. The average Bonchev–Trinajstić information content (AvgIpc) is 3.01. The fourth-order valence-electron chi connectivity index (χ4n) is 2.59. The van der Waals surface area contributed by atoms with Gasteiger partial charge < -0.3 is 19.5 Å². The van der Waals surface area contributed by atoms with Gasteiger partial charge in [0.1, 0.15) is 0 Å². The molecule has 1 saturated heterocycles. The molecule has 0 spiro atoms. The summed E-state index contributed by atoms with van der Waals surface area (Å²) < 4.78 is 16.6. The van der Waals surface area contributed by atoms with Crippen LogP contribution in [0, 0.1) is 0 Å². The number of hydrogen-bond acceptors (Lipinski definition) is 5. The predicted octanol–water partition coefficient (Wildman–Crippen LogP) is 1.52. The first kappa shape index (κ1) is 18.8. The number of hydrogen-bond donors (Lipinski definition) is 1. The zero-order chi connectivity index (χ0) is 15.3. The van der Waals surface area contributed by atoms with Gasteiger partial charge in [0, 0.05) is 52.0 Å². The molecule has 0 bridgehead atoms. The lowest BCUT2D eigenvalue weighted by Gasteiger charge is -2.25. The van der Waals surface area contributed by atoms with E-state index in [9.17, 15) is 0 Å². The molecule has 21 heavy (non-hydrogen) atoms. The van der Waals surface area contributed by atoms with Crippen LogP contribution in [0.5, 0.6) is 0 Å². The van der Waals surface area contributed by atoms with Crippen molar-refractivity contribution in [3.8, 4) is 0 Å². The van der Waals surface area contributed by atoms with Crippen molar-refractivity contribution in [3.05, 3.63) is 0 Å². The first-order valence-corrected chi connectivity index (χ1v) is 8.50. The van der Waals surface area contributed by atoms with E-state index in [1.54, 1.807) is 0 Å². The second-order valence-electron chi connectivity index (χ2n) is 5.53. The molecule has 0 radical (unpaired) electrons. The fraction of sp³-hybridized carbons (Fsp3) is 1.00. The van der Waals surface area contributed by atoms with Crippen LogP contribution in [0.4, 0.5) is 0 Å². The summed E-state index contributed by atoms with van der Waals surface area (Å²) in [6.07, 6.45) is 2.78. The summed E-state index contributed by atoms with van der Waals surface area (Å²) in [6, 6.07) is 0.438. The second kappa shape index (κ2) is 12.4. The van der Waals surface area contributed by atoms with Gasteiger partial charge in [0.25, 0.3) is 0 Å². The van der Waals surface area contributed by atoms with Gasteiger partial charge in [-0.25, -0.2) is 0 Å². The molecule has 1 rings (SSSR count). The maximum Gasteiger partial charge on any atom is 0.0726 e. The maximum absolute atomic E-state index is 5.72. The number of ether oxygens (including phenoxy) is 3. The molecule has 0 saturated carbocycles. The Morgan fingerprint density at radius 3 is 2.33 bits per heavy atom. The number of nitrogens with zero attached hydrogens (tertiary/aromatic N) is 1. The lowest BCUT2D eigenvalue weighted by molar-refractivity contribution is 0.0737. The maximum atomic E-state index is 5.72. The van der Waals surface area contributed by atoms with Gasteiger partial charge in [0.2, 0.25) is 0 Å². The zero-order valence-electron chi connectivity index (χ0n) is 14.1. The average molecular weight is 302 g/mol. The van der Waals surface area contributed by atoms with Gasteiger partial charge in [-0.2, -0.15) is 0 Å². The summed E-state index contributed by atoms with van der Waals surface area (Å²) in [5.41, 5.74) is 0. The van der Waals surface area contributed by atoms with Crippen molar-refractivity contribution < 1.29 is 14.2 Å². The Morgan fingerprint density at radius 1 is 1.14 bits per heavy atom. The zero-order valence-corrected chi connectivity index (χ0v) is 14.1. The fourth-order valence-corrected chi connectivity index (χ4v) is 2.59. The summed E-state index contributed by atoms with van der Waals surface area (Å²) in [5.74, 6) is 0. The van der Waals surface area contributed by atoms with Crippen LogP contribution >= 0.6 is 0 Å². The monoisotopic (exact) mass is 302 g/mol. The highest BCUT2D eigenvalue weighted by atomic mass is 16.5. The summed E-state index contributed by atoms with van der Waals surface area (Å²) in [5, 5.41) is 3.59. The third kappa shape index (κ3) is 8.73. The normalized spacial score (nSPS) is 20.3. The Morgan fingerprint density at radius 2 is 1.81 bits per heavy atom. The molecule has 1 aliphatic rings. The molecule has 5 heteroatoms. The minimum Gasteiger partial charge on any atom is -0.380 e. The van der Waals surface area contributed by atoms with Gasteiger partial charge in [-0.05, 0) is 33.6 Å². The summed E-state index contributed by atoms with van der Waals surface area (Å²) in [6.45, 7) is 14.3. The van der Waals surface area contributed by atoms with E-state index < -0.39 is 0 Å². The van der Waals surface area contributed by atoms with Crippen LogP contribution in [0.25, 0.3) is 0 Å². The molecule has 0 aromatic heterocycles. The summed E-state index contributed by atoms with van der Waals surface area (Å²) in [4.78, 5) is 2.40. The third-order valence-electron chi connectivity index (χ3n) is 3.93. The van der Waals surface area contributed by atoms with Crippen molar-refractivity contribution in [1.82, 2.24) is 10.2 Å². The summed E-state index contributed by atoms with van der Waals surface area (Å²) in [7, 11) is 0. The molecule has 1 aliphatic heterocycles. The van der Waals surface area contributed by atoms with E-state index >= 15 is 0 Å². The molecule has 5 nitrogen and oxygen atoms in total. The van der Waals surface area contributed by atoms with Gasteiger partial charge in [-0.15, -0.1) is 0 Å². The number of nitrogens with one attached hydrogen (secondary N) is 1. The molecule has 1 fully saturated rings. The largest absolute Gasteiger partial charge is 0.380 e. The highest BCUT2D eigenvalue weighted by Crippen LogP contribution is 2.15. The van der Waals surface area contributed by atoms with E-state index in [0.717, 1.165) is 59.2 Å². The van der Waals surface area contributed by atoms with Crippen LogP contribution in [-0.4, -0.2) is 76.3 Å². The van der Waals surface area contributed by atoms with Crippen LogP contribution in [0.15, 0.2) is 0 Å². The predicted molar refractivity (Wildman–Crippen MR) is 85.9 cm³/mol. The van der Waals surface area contributed by atoms with Crippen LogP contribution < -0.4 is 5.32 Å². The Labute approximate surface area is 130 Å². The second-order valence-corrected chi connectivity index (χ2v) is 5.53. The Kier molecular flexibility index (Phi) is 11.1. The van der Waals surface area contributed by atoms with Gasteiger partial charge in [0.05, 0.1) is 19.3 Å². The SMILES string of the molecule is CCOCCN(CCNC(C)C1CCCO1)CCOCC. The van der Waals surface area contributed by atoms with E-state index in [2.05, 4.69) is 17.1 Å². The third-order valence-corrected chi connectivity index (χ3v) is 3.93. The molecule has 1 N–H and O–H groups in total. The molecule has 0 aromatic rings. The standard InChI is InChI=1S/C16H34N2O3/c1-4-19-13-10-18(11-14-20-5-2)9-8-17-15(3)16-7-6-12-21-16/h15-17H,4-14H2,1-3H3. The highest BCUT2D eigenvalue weighted by Gasteiger charge is 2.21. The van der Waals surface area contributed by atoms with E-state index in [4.69, 9.17) is 14.2 Å². The highest BCUT2D eigenvalue weighted by molar-refractivity contribution is 4.77.